The minimum Gasteiger partial charge on any atom is -0.494 e. The largest absolute Gasteiger partial charge is 0.494 e. The first-order valence-electron chi connectivity index (χ1n) is 7.90. The van der Waals surface area contributed by atoms with E-state index in [0.717, 1.165) is 36.9 Å². The number of hydrogen-bond acceptors (Lipinski definition) is 2. The van der Waals surface area contributed by atoms with Crippen LogP contribution in [0.4, 0.5) is 5.69 Å². The Morgan fingerprint density at radius 1 is 1.10 bits per heavy atom. The van der Waals surface area contributed by atoms with Crippen molar-refractivity contribution < 1.29 is 4.74 Å². The summed E-state index contributed by atoms with van der Waals surface area (Å²) in [6.45, 7) is 3.75. The molecule has 1 fully saturated rings. The third kappa shape index (κ3) is 4.01. The molecule has 0 atom stereocenters. The van der Waals surface area contributed by atoms with Crippen LogP contribution in [0.3, 0.4) is 0 Å². The zero-order chi connectivity index (χ0) is 14.5. The molecule has 0 unspecified atom stereocenters. The lowest BCUT2D eigenvalue weighted by Gasteiger charge is -2.10. The summed E-state index contributed by atoms with van der Waals surface area (Å²) in [7, 11) is 0. The summed E-state index contributed by atoms with van der Waals surface area (Å²) in [6, 6.07) is 17.1. The molecule has 0 heterocycles. The lowest BCUT2D eigenvalue weighted by atomic mass is 10.1. The molecule has 0 aliphatic heterocycles. The standard InChI is InChI=1S/C19H23NO/c1-2-11-21-19-8-4-7-18(13-19)20-14-15-5-3-6-17(12-15)16-9-10-16/h3-8,12-13,16,20H,2,9-11,14H2,1H3. The van der Waals surface area contributed by atoms with Gasteiger partial charge in [0.25, 0.3) is 0 Å². The summed E-state index contributed by atoms with van der Waals surface area (Å²) >= 11 is 0. The van der Waals surface area contributed by atoms with E-state index < -0.39 is 0 Å². The van der Waals surface area contributed by atoms with Crippen LogP contribution in [0.5, 0.6) is 5.75 Å². The molecule has 1 N–H and O–H groups in total. The molecule has 0 aromatic heterocycles. The van der Waals surface area contributed by atoms with Gasteiger partial charge in [-0.15, -0.1) is 0 Å². The molecule has 3 rings (SSSR count). The molecule has 21 heavy (non-hydrogen) atoms. The number of ether oxygens (including phenoxy) is 1. The van der Waals surface area contributed by atoms with E-state index >= 15 is 0 Å². The van der Waals surface area contributed by atoms with Crippen molar-refractivity contribution in [3.63, 3.8) is 0 Å². The molecular formula is C19H23NO. The second kappa shape index (κ2) is 6.66. The average Bonchev–Trinajstić information content (AvgIpc) is 3.37. The van der Waals surface area contributed by atoms with Crippen molar-refractivity contribution in [2.45, 2.75) is 38.6 Å². The highest BCUT2D eigenvalue weighted by Crippen LogP contribution is 2.40. The maximum Gasteiger partial charge on any atom is 0.121 e. The van der Waals surface area contributed by atoms with Crippen LogP contribution in [0.15, 0.2) is 48.5 Å². The Bertz CT molecular complexity index is 590. The first-order valence-corrected chi connectivity index (χ1v) is 7.90. The Labute approximate surface area is 127 Å². The van der Waals surface area contributed by atoms with E-state index in [1.165, 1.54) is 24.0 Å². The van der Waals surface area contributed by atoms with Crippen LogP contribution in [0.25, 0.3) is 0 Å². The molecule has 0 amide bonds. The SMILES string of the molecule is CCCOc1cccc(NCc2cccc(C3CC3)c2)c1. The smallest absolute Gasteiger partial charge is 0.121 e. The fourth-order valence-electron chi connectivity index (χ4n) is 2.49. The lowest BCUT2D eigenvalue weighted by molar-refractivity contribution is 0.317. The first-order chi connectivity index (χ1) is 10.3. The van der Waals surface area contributed by atoms with E-state index in [9.17, 15) is 0 Å². The van der Waals surface area contributed by atoms with E-state index in [-0.39, 0.29) is 0 Å². The minimum absolute atomic E-state index is 0.771. The maximum atomic E-state index is 5.67. The highest BCUT2D eigenvalue weighted by Gasteiger charge is 2.23. The predicted molar refractivity (Wildman–Crippen MR) is 88.0 cm³/mol. The van der Waals surface area contributed by atoms with Crippen LogP contribution in [0, 0.1) is 0 Å². The quantitative estimate of drug-likeness (QED) is 0.774. The van der Waals surface area contributed by atoms with Crippen LogP contribution < -0.4 is 10.1 Å². The Kier molecular flexibility index (Phi) is 4.44. The molecule has 2 aromatic carbocycles. The monoisotopic (exact) mass is 281 g/mol. The number of rotatable bonds is 7. The summed E-state index contributed by atoms with van der Waals surface area (Å²) in [5.41, 5.74) is 3.95. The van der Waals surface area contributed by atoms with E-state index in [1.807, 2.05) is 12.1 Å². The Hall–Kier alpha value is -1.96. The van der Waals surface area contributed by atoms with Gasteiger partial charge in [0, 0.05) is 18.3 Å². The summed E-state index contributed by atoms with van der Waals surface area (Å²) in [5, 5.41) is 3.48. The second-order valence-electron chi connectivity index (χ2n) is 5.75. The predicted octanol–water partition coefficient (Wildman–Crippen LogP) is 4.96. The van der Waals surface area contributed by atoms with Gasteiger partial charge in [0.2, 0.25) is 0 Å². The molecule has 0 saturated heterocycles. The zero-order valence-corrected chi connectivity index (χ0v) is 12.6. The van der Waals surface area contributed by atoms with Gasteiger partial charge in [-0.1, -0.05) is 37.3 Å². The van der Waals surface area contributed by atoms with Gasteiger partial charge in [0.1, 0.15) is 5.75 Å². The van der Waals surface area contributed by atoms with Crippen LogP contribution in [0.2, 0.25) is 0 Å². The molecule has 0 spiro atoms. The molecule has 0 radical (unpaired) electrons. The Balaban J connectivity index is 1.60. The molecule has 2 aromatic rings. The summed E-state index contributed by atoms with van der Waals surface area (Å²) < 4.78 is 5.67. The van der Waals surface area contributed by atoms with Crippen LogP contribution in [-0.4, -0.2) is 6.61 Å². The molecule has 2 heteroatoms. The van der Waals surface area contributed by atoms with Crippen molar-refractivity contribution in [2.75, 3.05) is 11.9 Å². The Morgan fingerprint density at radius 2 is 1.95 bits per heavy atom. The van der Waals surface area contributed by atoms with Gasteiger partial charge in [-0.3, -0.25) is 0 Å². The van der Waals surface area contributed by atoms with Crippen molar-refractivity contribution in [2.24, 2.45) is 0 Å². The van der Waals surface area contributed by atoms with Crippen molar-refractivity contribution in [1.82, 2.24) is 0 Å². The van der Waals surface area contributed by atoms with E-state index in [4.69, 9.17) is 4.74 Å². The van der Waals surface area contributed by atoms with E-state index in [0.29, 0.717) is 0 Å². The van der Waals surface area contributed by atoms with Crippen LogP contribution >= 0.6 is 0 Å². The summed E-state index contributed by atoms with van der Waals surface area (Å²) in [6.07, 6.45) is 3.74. The van der Waals surface area contributed by atoms with Gasteiger partial charge in [0.15, 0.2) is 0 Å². The maximum absolute atomic E-state index is 5.67. The minimum atomic E-state index is 0.771. The van der Waals surface area contributed by atoms with Crippen LogP contribution in [0.1, 0.15) is 43.2 Å². The van der Waals surface area contributed by atoms with Gasteiger partial charge in [-0.05, 0) is 48.4 Å². The summed E-state index contributed by atoms with van der Waals surface area (Å²) in [5.74, 6) is 1.75. The van der Waals surface area contributed by atoms with E-state index in [1.54, 1.807) is 0 Å². The van der Waals surface area contributed by atoms with Gasteiger partial charge in [-0.25, -0.2) is 0 Å². The lowest BCUT2D eigenvalue weighted by Crippen LogP contribution is -2.01. The molecule has 110 valence electrons. The number of nitrogens with one attached hydrogen (secondary N) is 1. The fraction of sp³-hybridized carbons (Fsp3) is 0.368. The number of hydrogen-bond donors (Lipinski definition) is 1. The molecule has 0 bridgehead atoms. The molecule has 1 aliphatic rings. The number of anilines is 1. The van der Waals surface area contributed by atoms with Crippen molar-refractivity contribution in [3.8, 4) is 5.75 Å². The van der Waals surface area contributed by atoms with Gasteiger partial charge < -0.3 is 10.1 Å². The van der Waals surface area contributed by atoms with E-state index in [2.05, 4.69) is 48.6 Å². The normalized spacial score (nSPS) is 14.0. The van der Waals surface area contributed by atoms with Gasteiger partial charge in [-0.2, -0.15) is 0 Å². The Morgan fingerprint density at radius 3 is 2.76 bits per heavy atom. The zero-order valence-electron chi connectivity index (χ0n) is 12.6. The highest BCUT2D eigenvalue weighted by molar-refractivity contribution is 5.48. The molecule has 1 saturated carbocycles. The average molecular weight is 281 g/mol. The third-order valence-corrected chi connectivity index (χ3v) is 3.80. The first kappa shape index (κ1) is 14.0. The van der Waals surface area contributed by atoms with Crippen molar-refractivity contribution >= 4 is 5.69 Å². The summed E-state index contributed by atoms with van der Waals surface area (Å²) in [4.78, 5) is 0. The molecular weight excluding hydrogens is 258 g/mol. The molecule has 2 nitrogen and oxygen atoms in total. The highest BCUT2D eigenvalue weighted by atomic mass is 16.5. The van der Waals surface area contributed by atoms with Crippen molar-refractivity contribution in [1.29, 1.82) is 0 Å². The third-order valence-electron chi connectivity index (χ3n) is 3.80. The fourth-order valence-corrected chi connectivity index (χ4v) is 2.49. The second-order valence-corrected chi connectivity index (χ2v) is 5.75. The van der Waals surface area contributed by atoms with Gasteiger partial charge in [0.05, 0.1) is 6.61 Å². The van der Waals surface area contributed by atoms with Crippen LogP contribution in [-0.2, 0) is 6.54 Å². The molecule has 1 aliphatic carbocycles. The topological polar surface area (TPSA) is 21.3 Å². The van der Waals surface area contributed by atoms with Crippen molar-refractivity contribution in [3.05, 3.63) is 59.7 Å². The van der Waals surface area contributed by atoms with Gasteiger partial charge >= 0.3 is 0 Å². The number of benzene rings is 2.